The van der Waals surface area contributed by atoms with Crippen LogP contribution in [0, 0.1) is 13.8 Å². The predicted molar refractivity (Wildman–Crippen MR) is 147 cm³/mol. The van der Waals surface area contributed by atoms with Crippen LogP contribution in [0.25, 0.3) is 5.76 Å². The number of hydrogen-bond acceptors (Lipinski definition) is 9. The molecule has 1 aromatic heterocycles. The second-order valence-electron chi connectivity index (χ2n) is 8.65. The first-order valence-corrected chi connectivity index (χ1v) is 13.0. The smallest absolute Gasteiger partial charge is 0.350 e. The SMILES string of the molecule is C=CCOc1ccc([C@@H]2C(=C(O)c3ccc(OCC)c(C)c3)C(=O)C(=O)N2c2nc(C)c(C(=O)OC)s2)cc1. The number of aliphatic hydroxyl groups excluding tert-OH is 1. The second kappa shape index (κ2) is 11.5. The molecule has 3 aromatic rings. The van der Waals surface area contributed by atoms with Gasteiger partial charge in [0.05, 0.1) is 31.0 Å². The van der Waals surface area contributed by atoms with Crippen molar-refractivity contribution in [3.63, 3.8) is 0 Å². The summed E-state index contributed by atoms with van der Waals surface area (Å²) in [6.45, 7) is 9.74. The molecular formula is C29H28N2O7S. The van der Waals surface area contributed by atoms with Crippen molar-refractivity contribution in [1.82, 2.24) is 4.98 Å². The van der Waals surface area contributed by atoms with Gasteiger partial charge in [0.25, 0.3) is 5.78 Å². The number of thiazole rings is 1. The van der Waals surface area contributed by atoms with Crippen LogP contribution < -0.4 is 14.4 Å². The summed E-state index contributed by atoms with van der Waals surface area (Å²) in [7, 11) is 1.25. The fourth-order valence-electron chi connectivity index (χ4n) is 4.28. The molecule has 0 aliphatic carbocycles. The Labute approximate surface area is 230 Å². The number of anilines is 1. The van der Waals surface area contributed by atoms with Gasteiger partial charge in [-0.15, -0.1) is 0 Å². The Balaban J connectivity index is 1.88. The first-order valence-electron chi connectivity index (χ1n) is 12.2. The Morgan fingerprint density at radius 3 is 2.49 bits per heavy atom. The van der Waals surface area contributed by atoms with E-state index in [2.05, 4.69) is 11.6 Å². The van der Waals surface area contributed by atoms with Gasteiger partial charge in [0.1, 0.15) is 28.7 Å². The van der Waals surface area contributed by atoms with Gasteiger partial charge in [-0.05, 0) is 62.2 Å². The van der Waals surface area contributed by atoms with Gasteiger partial charge < -0.3 is 19.3 Å². The molecule has 10 heteroatoms. The fraction of sp³-hybridized carbons (Fsp3) is 0.241. The summed E-state index contributed by atoms with van der Waals surface area (Å²) in [6.07, 6.45) is 1.62. The zero-order valence-electron chi connectivity index (χ0n) is 22.0. The zero-order valence-corrected chi connectivity index (χ0v) is 22.8. The Bertz CT molecular complexity index is 1470. The third-order valence-electron chi connectivity index (χ3n) is 6.12. The van der Waals surface area contributed by atoms with E-state index in [1.807, 2.05) is 13.8 Å². The molecule has 39 heavy (non-hydrogen) atoms. The molecule has 1 aliphatic rings. The molecule has 0 saturated carbocycles. The van der Waals surface area contributed by atoms with Crippen molar-refractivity contribution in [3.8, 4) is 11.5 Å². The van der Waals surface area contributed by atoms with E-state index < -0.39 is 23.7 Å². The minimum Gasteiger partial charge on any atom is -0.507 e. The van der Waals surface area contributed by atoms with Crippen LogP contribution in [-0.2, 0) is 14.3 Å². The van der Waals surface area contributed by atoms with E-state index in [9.17, 15) is 19.5 Å². The average Bonchev–Trinajstić information content (AvgIpc) is 3.44. The van der Waals surface area contributed by atoms with Gasteiger partial charge in [0.2, 0.25) is 0 Å². The molecule has 4 rings (SSSR count). The lowest BCUT2D eigenvalue weighted by Crippen LogP contribution is -2.29. The van der Waals surface area contributed by atoms with Gasteiger partial charge in [0.15, 0.2) is 5.13 Å². The maximum absolute atomic E-state index is 13.4. The third kappa shape index (κ3) is 5.28. The van der Waals surface area contributed by atoms with Gasteiger partial charge in [-0.3, -0.25) is 14.5 Å². The molecular weight excluding hydrogens is 520 g/mol. The number of amides is 1. The number of aryl methyl sites for hydroxylation is 2. The Kier molecular flexibility index (Phi) is 8.15. The van der Waals surface area contributed by atoms with Crippen LogP contribution in [-0.4, -0.2) is 48.1 Å². The van der Waals surface area contributed by atoms with Crippen molar-refractivity contribution >= 4 is 39.9 Å². The van der Waals surface area contributed by atoms with Crippen molar-refractivity contribution in [3.05, 3.63) is 88.0 Å². The quantitative estimate of drug-likeness (QED) is 0.129. The molecule has 2 heterocycles. The summed E-state index contributed by atoms with van der Waals surface area (Å²) in [5.74, 6) is -1.46. The fourth-order valence-corrected chi connectivity index (χ4v) is 5.30. The molecule has 1 N–H and O–H groups in total. The largest absolute Gasteiger partial charge is 0.507 e. The van der Waals surface area contributed by atoms with Crippen LogP contribution in [0.15, 0.2) is 60.7 Å². The lowest BCUT2D eigenvalue weighted by molar-refractivity contribution is -0.132. The van der Waals surface area contributed by atoms with E-state index in [1.165, 1.54) is 12.0 Å². The van der Waals surface area contributed by atoms with Crippen molar-refractivity contribution in [2.75, 3.05) is 25.2 Å². The van der Waals surface area contributed by atoms with Crippen molar-refractivity contribution in [2.24, 2.45) is 0 Å². The number of ether oxygens (including phenoxy) is 3. The highest BCUT2D eigenvalue weighted by atomic mass is 32.1. The van der Waals surface area contributed by atoms with Gasteiger partial charge >= 0.3 is 11.9 Å². The summed E-state index contributed by atoms with van der Waals surface area (Å²) in [4.78, 5) is 45.0. The van der Waals surface area contributed by atoms with E-state index in [-0.39, 0.29) is 21.3 Å². The van der Waals surface area contributed by atoms with E-state index in [0.29, 0.717) is 41.5 Å². The number of aromatic nitrogens is 1. The Morgan fingerprint density at radius 1 is 1.15 bits per heavy atom. The van der Waals surface area contributed by atoms with E-state index in [0.717, 1.165) is 16.9 Å². The highest BCUT2D eigenvalue weighted by Gasteiger charge is 2.48. The third-order valence-corrected chi connectivity index (χ3v) is 7.26. The number of benzene rings is 2. The molecule has 1 atom stereocenters. The predicted octanol–water partition coefficient (Wildman–Crippen LogP) is 5.14. The van der Waals surface area contributed by atoms with Crippen molar-refractivity contribution in [2.45, 2.75) is 26.8 Å². The normalized spacial score (nSPS) is 16.3. The maximum atomic E-state index is 13.4. The summed E-state index contributed by atoms with van der Waals surface area (Å²) >= 11 is 0.938. The minimum atomic E-state index is -1.01. The van der Waals surface area contributed by atoms with Crippen molar-refractivity contribution in [1.29, 1.82) is 0 Å². The standard InChI is InChI=1S/C29H28N2O7S/c1-6-14-38-20-11-8-18(9-12-20)23-22(24(32)19-10-13-21(37-7-2)16(3)15-19)25(33)27(34)31(23)29-30-17(4)26(39-29)28(35)36-5/h6,8-13,15,23,32H,1,7,14H2,2-5H3/t23-/m1/s1. The summed E-state index contributed by atoms with van der Waals surface area (Å²) in [6, 6.07) is 10.8. The number of carbonyl (C=O) groups is 3. The number of ketones is 1. The monoisotopic (exact) mass is 548 g/mol. The number of hydrogen-bond donors (Lipinski definition) is 1. The van der Waals surface area contributed by atoms with Gasteiger partial charge in [0, 0.05) is 5.56 Å². The Hall–Kier alpha value is -4.44. The number of aliphatic hydroxyl groups is 1. The second-order valence-corrected chi connectivity index (χ2v) is 9.63. The molecule has 1 aliphatic heterocycles. The molecule has 0 radical (unpaired) electrons. The average molecular weight is 549 g/mol. The van der Waals surface area contributed by atoms with E-state index >= 15 is 0 Å². The first-order chi connectivity index (χ1) is 18.7. The molecule has 0 unspecified atom stereocenters. The topological polar surface area (TPSA) is 115 Å². The van der Waals surface area contributed by atoms with Crippen LogP contribution >= 0.6 is 11.3 Å². The molecule has 202 valence electrons. The van der Waals surface area contributed by atoms with Crippen LogP contribution in [0.4, 0.5) is 5.13 Å². The number of esters is 1. The van der Waals surface area contributed by atoms with Crippen LogP contribution in [0.5, 0.6) is 11.5 Å². The molecule has 1 amide bonds. The lowest BCUT2D eigenvalue weighted by Gasteiger charge is -2.23. The van der Waals surface area contributed by atoms with Crippen molar-refractivity contribution < 1.29 is 33.7 Å². The summed E-state index contributed by atoms with van der Waals surface area (Å²) in [5, 5.41) is 11.6. The number of methoxy groups -OCH3 is 1. The van der Waals surface area contributed by atoms with E-state index in [1.54, 1.807) is 55.5 Å². The number of carbonyl (C=O) groups excluding carboxylic acids is 3. The number of Topliss-reactive ketones (excluding diaryl/α,β-unsaturated/α-hetero) is 1. The molecule has 0 bridgehead atoms. The Morgan fingerprint density at radius 2 is 1.87 bits per heavy atom. The van der Waals surface area contributed by atoms with Crippen LogP contribution in [0.2, 0.25) is 0 Å². The molecule has 9 nitrogen and oxygen atoms in total. The highest BCUT2D eigenvalue weighted by molar-refractivity contribution is 7.17. The maximum Gasteiger partial charge on any atom is 0.350 e. The summed E-state index contributed by atoms with van der Waals surface area (Å²) < 4.78 is 16.0. The minimum absolute atomic E-state index is 0.101. The molecule has 1 fully saturated rings. The number of rotatable bonds is 9. The van der Waals surface area contributed by atoms with Crippen LogP contribution in [0.3, 0.4) is 0 Å². The van der Waals surface area contributed by atoms with Gasteiger partial charge in [-0.1, -0.05) is 36.1 Å². The van der Waals surface area contributed by atoms with Gasteiger partial charge in [-0.25, -0.2) is 9.78 Å². The number of nitrogens with zero attached hydrogens (tertiary/aromatic N) is 2. The highest BCUT2D eigenvalue weighted by Crippen LogP contribution is 2.44. The van der Waals surface area contributed by atoms with Gasteiger partial charge in [-0.2, -0.15) is 0 Å². The lowest BCUT2D eigenvalue weighted by atomic mass is 9.95. The first kappa shape index (κ1) is 27.6. The van der Waals surface area contributed by atoms with E-state index in [4.69, 9.17) is 14.2 Å². The summed E-state index contributed by atoms with van der Waals surface area (Å²) in [5.41, 5.74) is 1.91. The molecule has 0 spiro atoms. The molecule has 1 saturated heterocycles. The van der Waals surface area contributed by atoms with Crippen LogP contribution in [0.1, 0.15) is 45.0 Å². The molecule has 2 aromatic carbocycles. The zero-order chi connectivity index (χ0) is 28.3.